The van der Waals surface area contributed by atoms with Crippen LogP contribution >= 0.6 is 12.4 Å². The number of hydrogen-bond acceptors (Lipinski definition) is 1. The van der Waals surface area contributed by atoms with Gasteiger partial charge in [-0.1, -0.05) is 102 Å². The molecular weight excluding hydrogens is 326 g/mol. The Morgan fingerprint density at radius 3 is 1.52 bits per heavy atom. The van der Waals surface area contributed by atoms with Crippen LogP contribution in [-0.4, -0.2) is 24.5 Å². The number of benzene rings is 1. The summed E-state index contributed by atoms with van der Waals surface area (Å²) in [5.41, 5.74) is 1.50. The summed E-state index contributed by atoms with van der Waals surface area (Å²) < 4.78 is 0. The van der Waals surface area contributed by atoms with Crippen molar-refractivity contribution in [2.75, 3.05) is 19.6 Å². The molecule has 0 radical (unpaired) electrons. The van der Waals surface area contributed by atoms with E-state index in [9.17, 15) is 0 Å². The van der Waals surface area contributed by atoms with Crippen LogP contribution in [0.1, 0.15) is 90.0 Å². The molecule has 0 atom stereocenters. The van der Waals surface area contributed by atoms with Gasteiger partial charge in [-0.3, -0.25) is 0 Å². The molecule has 0 heterocycles. The fourth-order valence-corrected chi connectivity index (χ4v) is 3.44. The summed E-state index contributed by atoms with van der Waals surface area (Å²) in [6.07, 6.45) is 17.0. The van der Waals surface area contributed by atoms with Crippen LogP contribution in [0.5, 0.6) is 0 Å². The average Bonchev–Trinajstić information content (AvgIpc) is 2.63. The van der Waals surface area contributed by atoms with Crippen molar-refractivity contribution in [3.8, 4) is 0 Å². The largest absolute Gasteiger partial charge is 0.304 e. The van der Waals surface area contributed by atoms with Gasteiger partial charge in [-0.15, -0.1) is 12.4 Å². The van der Waals surface area contributed by atoms with Crippen LogP contribution in [-0.2, 0) is 6.42 Å². The molecule has 0 saturated carbocycles. The molecule has 0 amide bonds. The van der Waals surface area contributed by atoms with E-state index in [0.29, 0.717) is 0 Å². The van der Waals surface area contributed by atoms with Gasteiger partial charge in [0.15, 0.2) is 0 Å². The van der Waals surface area contributed by atoms with Crippen molar-refractivity contribution < 1.29 is 0 Å². The molecule has 146 valence electrons. The zero-order chi connectivity index (χ0) is 17.3. The summed E-state index contributed by atoms with van der Waals surface area (Å²) in [6.45, 7) is 8.26. The predicted molar refractivity (Wildman–Crippen MR) is 116 cm³/mol. The van der Waals surface area contributed by atoms with Gasteiger partial charge < -0.3 is 4.90 Å². The Labute approximate surface area is 164 Å². The van der Waals surface area contributed by atoms with Gasteiger partial charge in [0.25, 0.3) is 0 Å². The first kappa shape index (κ1) is 24.5. The smallest absolute Gasteiger partial charge is 0.00190 e. The van der Waals surface area contributed by atoms with Crippen LogP contribution < -0.4 is 0 Å². The van der Waals surface area contributed by atoms with Crippen LogP contribution in [0.15, 0.2) is 30.3 Å². The second-order valence-electron chi connectivity index (χ2n) is 7.15. The van der Waals surface area contributed by atoms with E-state index in [-0.39, 0.29) is 12.4 Å². The molecule has 0 saturated heterocycles. The lowest BCUT2D eigenvalue weighted by atomic mass is 10.0. The molecule has 1 nitrogen and oxygen atoms in total. The van der Waals surface area contributed by atoms with Crippen LogP contribution in [0, 0.1) is 0 Å². The Kier molecular flexibility index (Phi) is 17.9. The number of hydrogen-bond donors (Lipinski definition) is 0. The molecular formula is C23H42ClN. The molecule has 0 N–H and O–H groups in total. The summed E-state index contributed by atoms with van der Waals surface area (Å²) in [7, 11) is 0. The van der Waals surface area contributed by atoms with E-state index in [1.165, 1.54) is 102 Å². The van der Waals surface area contributed by atoms with E-state index in [2.05, 4.69) is 49.1 Å². The van der Waals surface area contributed by atoms with E-state index in [1.54, 1.807) is 0 Å². The lowest BCUT2D eigenvalue weighted by Gasteiger charge is -2.17. The third kappa shape index (κ3) is 14.3. The molecule has 0 aliphatic heterocycles. The molecule has 2 heteroatoms. The van der Waals surface area contributed by atoms with Crippen molar-refractivity contribution in [2.24, 2.45) is 0 Å². The maximum Gasteiger partial charge on any atom is -0.00190 e. The number of nitrogens with zero attached hydrogens (tertiary/aromatic N) is 1. The Morgan fingerprint density at radius 2 is 1.04 bits per heavy atom. The highest BCUT2D eigenvalue weighted by Crippen LogP contribution is 2.13. The third-order valence-corrected chi connectivity index (χ3v) is 5.18. The van der Waals surface area contributed by atoms with Gasteiger partial charge in [0.1, 0.15) is 0 Å². The predicted octanol–water partition coefficient (Wildman–Crippen LogP) is 7.28. The molecule has 1 aromatic rings. The highest BCUT2D eigenvalue weighted by molar-refractivity contribution is 5.85. The van der Waals surface area contributed by atoms with E-state index in [1.807, 2.05) is 0 Å². The molecule has 0 spiro atoms. The van der Waals surface area contributed by atoms with Crippen LogP contribution in [0.2, 0.25) is 0 Å². The van der Waals surface area contributed by atoms with Crippen LogP contribution in [0.25, 0.3) is 0 Å². The minimum Gasteiger partial charge on any atom is -0.304 e. The molecule has 25 heavy (non-hydrogen) atoms. The lowest BCUT2D eigenvalue weighted by Crippen LogP contribution is -2.23. The van der Waals surface area contributed by atoms with Crippen molar-refractivity contribution in [2.45, 2.75) is 90.9 Å². The topological polar surface area (TPSA) is 3.24 Å². The zero-order valence-corrected chi connectivity index (χ0v) is 17.7. The molecule has 0 bridgehead atoms. The second-order valence-corrected chi connectivity index (χ2v) is 7.15. The molecule has 1 rings (SSSR count). The number of aryl methyl sites for hydroxylation is 1. The normalized spacial score (nSPS) is 10.8. The zero-order valence-electron chi connectivity index (χ0n) is 16.8. The van der Waals surface area contributed by atoms with Crippen molar-refractivity contribution >= 4 is 12.4 Å². The Bertz CT molecular complexity index is 362. The van der Waals surface area contributed by atoms with Crippen molar-refractivity contribution in [1.29, 1.82) is 0 Å². The molecule has 0 aliphatic carbocycles. The fourth-order valence-electron chi connectivity index (χ4n) is 3.44. The van der Waals surface area contributed by atoms with Gasteiger partial charge in [-0.05, 0) is 44.5 Å². The maximum absolute atomic E-state index is 2.54. The minimum absolute atomic E-state index is 0. The van der Waals surface area contributed by atoms with E-state index in [4.69, 9.17) is 0 Å². The van der Waals surface area contributed by atoms with Crippen molar-refractivity contribution in [1.82, 2.24) is 4.90 Å². The first-order valence-electron chi connectivity index (χ1n) is 10.6. The quantitative estimate of drug-likeness (QED) is 0.277. The Balaban J connectivity index is 0.00000576. The average molecular weight is 368 g/mol. The van der Waals surface area contributed by atoms with E-state index >= 15 is 0 Å². The highest BCUT2D eigenvalue weighted by Gasteiger charge is 1.98. The second kappa shape index (κ2) is 18.3. The summed E-state index contributed by atoms with van der Waals surface area (Å²) in [5, 5.41) is 0. The number of halogens is 1. The minimum atomic E-state index is 0. The van der Waals surface area contributed by atoms with Crippen molar-refractivity contribution in [3.05, 3.63) is 35.9 Å². The molecule has 0 unspecified atom stereocenters. The molecule has 0 aromatic heterocycles. The van der Waals surface area contributed by atoms with Gasteiger partial charge in [-0.25, -0.2) is 0 Å². The monoisotopic (exact) mass is 367 g/mol. The van der Waals surface area contributed by atoms with Gasteiger partial charge in [-0.2, -0.15) is 0 Å². The first-order chi connectivity index (χ1) is 11.9. The SMILES string of the molecule is CCN(CC)CCCCCCCCCCCCCc1ccccc1.Cl. The lowest BCUT2D eigenvalue weighted by molar-refractivity contribution is 0.295. The first-order valence-corrected chi connectivity index (χ1v) is 10.6. The number of rotatable bonds is 16. The van der Waals surface area contributed by atoms with Gasteiger partial charge >= 0.3 is 0 Å². The Morgan fingerprint density at radius 1 is 0.600 bits per heavy atom. The van der Waals surface area contributed by atoms with E-state index in [0.717, 1.165) is 0 Å². The van der Waals surface area contributed by atoms with Crippen LogP contribution in [0.4, 0.5) is 0 Å². The Hall–Kier alpha value is -0.530. The highest BCUT2D eigenvalue weighted by atomic mass is 35.5. The summed E-state index contributed by atoms with van der Waals surface area (Å²) >= 11 is 0. The molecule has 1 aromatic carbocycles. The van der Waals surface area contributed by atoms with Gasteiger partial charge in [0.05, 0.1) is 0 Å². The standard InChI is InChI=1S/C23H41N.ClH/c1-3-24(4-2)22-18-13-11-9-7-5-6-8-10-12-15-19-23-20-16-14-17-21-23;/h14,16-17,20-21H,3-13,15,18-19,22H2,1-2H3;1H. The van der Waals surface area contributed by atoms with Crippen molar-refractivity contribution in [3.63, 3.8) is 0 Å². The van der Waals surface area contributed by atoms with Crippen LogP contribution in [0.3, 0.4) is 0 Å². The molecule has 0 fully saturated rings. The number of unbranched alkanes of at least 4 members (excludes halogenated alkanes) is 10. The molecule has 0 aliphatic rings. The summed E-state index contributed by atoms with van der Waals surface area (Å²) in [6, 6.07) is 10.9. The van der Waals surface area contributed by atoms with Gasteiger partial charge in [0.2, 0.25) is 0 Å². The van der Waals surface area contributed by atoms with Gasteiger partial charge in [0, 0.05) is 0 Å². The summed E-state index contributed by atoms with van der Waals surface area (Å²) in [5.74, 6) is 0. The summed E-state index contributed by atoms with van der Waals surface area (Å²) in [4.78, 5) is 2.54. The maximum atomic E-state index is 2.54. The fraction of sp³-hybridized carbons (Fsp3) is 0.739. The third-order valence-electron chi connectivity index (χ3n) is 5.18. The van der Waals surface area contributed by atoms with E-state index < -0.39 is 0 Å².